The van der Waals surface area contributed by atoms with Crippen molar-refractivity contribution < 1.29 is 19.1 Å². The molecule has 0 aliphatic carbocycles. The van der Waals surface area contributed by atoms with Crippen LogP contribution in [-0.2, 0) is 19.1 Å². The van der Waals surface area contributed by atoms with Gasteiger partial charge in [-0.05, 0) is 33.3 Å². The predicted octanol–water partition coefficient (Wildman–Crippen LogP) is 2.21. The molecule has 0 saturated carbocycles. The van der Waals surface area contributed by atoms with Crippen LogP contribution in [0.25, 0.3) is 0 Å². The molecule has 120 valence electrons. The van der Waals surface area contributed by atoms with E-state index in [1.807, 2.05) is 18.2 Å². The number of carbonyl (C=O) groups excluding carboxylic acids is 3. The maximum atomic E-state index is 12.5. The minimum atomic E-state index is -1.14. The molecule has 0 aliphatic rings. The summed E-state index contributed by atoms with van der Waals surface area (Å²) >= 11 is 0. The Morgan fingerprint density at radius 2 is 1.77 bits per heavy atom. The molecule has 1 rings (SSSR count). The highest BCUT2D eigenvalue weighted by molar-refractivity contribution is 5.93. The molecule has 22 heavy (non-hydrogen) atoms. The van der Waals surface area contributed by atoms with Gasteiger partial charge in [0.25, 0.3) is 0 Å². The first-order valence-electron chi connectivity index (χ1n) is 7.31. The summed E-state index contributed by atoms with van der Waals surface area (Å²) in [7, 11) is 0. The van der Waals surface area contributed by atoms with Crippen molar-refractivity contribution in [2.24, 2.45) is 0 Å². The highest BCUT2D eigenvalue weighted by atomic mass is 16.5. The van der Waals surface area contributed by atoms with E-state index in [4.69, 9.17) is 4.74 Å². The van der Waals surface area contributed by atoms with Crippen LogP contribution in [0.4, 0.5) is 0 Å². The normalized spacial score (nSPS) is 12.4. The minimum absolute atomic E-state index is 0.0852. The fraction of sp³-hybridized carbons (Fsp3) is 0.471. The van der Waals surface area contributed by atoms with E-state index < -0.39 is 17.4 Å². The molecular weight excluding hydrogens is 282 g/mol. The van der Waals surface area contributed by atoms with Crippen LogP contribution in [0.5, 0.6) is 0 Å². The molecule has 0 fully saturated rings. The van der Waals surface area contributed by atoms with E-state index in [-0.39, 0.29) is 24.7 Å². The smallest absolute Gasteiger partial charge is 0.331 e. The fourth-order valence-corrected chi connectivity index (χ4v) is 2.09. The Labute approximate surface area is 131 Å². The highest BCUT2D eigenvalue weighted by Gasteiger charge is 2.34. The van der Waals surface area contributed by atoms with Crippen molar-refractivity contribution >= 4 is 17.7 Å². The molecule has 1 amide bonds. The molecule has 5 heteroatoms. The average Bonchev–Trinajstić information content (AvgIpc) is 2.45. The Hall–Kier alpha value is -2.17. The second-order valence-electron chi connectivity index (χ2n) is 5.70. The van der Waals surface area contributed by atoms with Gasteiger partial charge in [-0.3, -0.25) is 9.59 Å². The van der Waals surface area contributed by atoms with E-state index in [9.17, 15) is 14.4 Å². The molecule has 5 nitrogen and oxygen atoms in total. The van der Waals surface area contributed by atoms with Crippen molar-refractivity contribution in [3.63, 3.8) is 0 Å². The van der Waals surface area contributed by atoms with Gasteiger partial charge in [0.2, 0.25) is 5.91 Å². The number of hydrogen-bond acceptors (Lipinski definition) is 4. The molecule has 1 unspecified atom stereocenters. The first-order chi connectivity index (χ1) is 10.3. The second-order valence-corrected chi connectivity index (χ2v) is 5.70. The van der Waals surface area contributed by atoms with Gasteiger partial charge in [0.1, 0.15) is 11.3 Å². The van der Waals surface area contributed by atoms with Crippen LogP contribution in [0.15, 0.2) is 30.3 Å². The van der Waals surface area contributed by atoms with E-state index in [0.29, 0.717) is 0 Å². The van der Waals surface area contributed by atoms with Crippen LogP contribution >= 0.6 is 0 Å². The number of hydrogen-bond donors (Lipinski definition) is 1. The van der Waals surface area contributed by atoms with E-state index in [2.05, 4.69) is 5.32 Å². The van der Waals surface area contributed by atoms with Crippen molar-refractivity contribution in [2.75, 3.05) is 6.61 Å². The molecule has 0 heterocycles. The lowest BCUT2D eigenvalue weighted by atomic mass is 9.92. The molecule has 0 spiro atoms. The summed E-state index contributed by atoms with van der Waals surface area (Å²) in [5.74, 6) is -1.57. The maximum Gasteiger partial charge on any atom is 0.331 e. The lowest BCUT2D eigenvalue weighted by molar-refractivity contribution is -0.152. The number of ether oxygens (including phenoxy) is 1. The van der Waals surface area contributed by atoms with Crippen LogP contribution in [-0.4, -0.2) is 29.8 Å². The third kappa shape index (κ3) is 4.98. The largest absolute Gasteiger partial charge is 0.464 e. The van der Waals surface area contributed by atoms with Gasteiger partial charge in [0.05, 0.1) is 12.5 Å². The molecule has 0 aromatic heterocycles. The number of Topliss-reactive ketones (excluding diaryl/α,β-unsaturated/α-hetero) is 1. The SMILES string of the molecule is CCOC(=O)C(C)(C)NC(=O)C(CC(C)=O)c1ccccc1. The Bertz CT molecular complexity index is 537. The first kappa shape index (κ1) is 17.9. The summed E-state index contributed by atoms with van der Waals surface area (Å²) in [6.07, 6.45) is 0.0920. The molecule has 0 aliphatic heterocycles. The summed E-state index contributed by atoms with van der Waals surface area (Å²) in [6, 6.07) is 9.06. The van der Waals surface area contributed by atoms with Crippen molar-refractivity contribution in [1.29, 1.82) is 0 Å². The third-order valence-corrected chi connectivity index (χ3v) is 3.23. The molecule has 0 saturated heterocycles. The van der Waals surface area contributed by atoms with Crippen LogP contribution in [0, 0.1) is 0 Å². The number of rotatable bonds is 7. The van der Waals surface area contributed by atoms with E-state index >= 15 is 0 Å². The summed E-state index contributed by atoms with van der Waals surface area (Å²) in [4.78, 5) is 35.9. The molecule has 1 atom stereocenters. The van der Waals surface area contributed by atoms with Gasteiger partial charge in [-0.25, -0.2) is 4.79 Å². The highest BCUT2D eigenvalue weighted by Crippen LogP contribution is 2.21. The van der Waals surface area contributed by atoms with Gasteiger partial charge in [0, 0.05) is 6.42 Å². The zero-order valence-electron chi connectivity index (χ0n) is 13.5. The number of benzene rings is 1. The van der Waals surface area contributed by atoms with Gasteiger partial charge in [-0.15, -0.1) is 0 Å². The first-order valence-corrected chi connectivity index (χ1v) is 7.31. The van der Waals surface area contributed by atoms with Gasteiger partial charge >= 0.3 is 5.97 Å². The summed E-state index contributed by atoms with van der Waals surface area (Å²) in [6.45, 7) is 6.56. The lowest BCUT2D eigenvalue weighted by Crippen LogP contribution is -2.52. The summed E-state index contributed by atoms with van der Waals surface area (Å²) < 4.78 is 4.95. The van der Waals surface area contributed by atoms with E-state index in [1.54, 1.807) is 32.9 Å². The zero-order chi connectivity index (χ0) is 16.8. The molecule has 1 N–H and O–H groups in total. The summed E-state index contributed by atoms with van der Waals surface area (Å²) in [5.41, 5.74) is -0.397. The van der Waals surface area contributed by atoms with E-state index in [0.717, 1.165) is 5.56 Å². The Balaban J connectivity index is 2.94. The Morgan fingerprint density at radius 1 is 1.18 bits per heavy atom. The van der Waals surface area contributed by atoms with Crippen molar-refractivity contribution in [3.05, 3.63) is 35.9 Å². The van der Waals surface area contributed by atoms with Crippen LogP contribution < -0.4 is 5.32 Å². The van der Waals surface area contributed by atoms with Gasteiger partial charge in [0.15, 0.2) is 0 Å². The molecular formula is C17H23NO4. The van der Waals surface area contributed by atoms with E-state index in [1.165, 1.54) is 6.92 Å². The molecule has 1 aromatic rings. The number of nitrogens with one attached hydrogen (secondary N) is 1. The topological polar surface area (TPSA) is 72.5 Å². The zero-order valence-corrected chi connectivity index (χ0v) is 13.5. The average molecular weight is 305 g/mol. The third-order valence-electron chi connectivity index (χ3n) is 3.23. The maximum absolute atomic E-state index is 12.5. The molecule has 0 bridgehead atoms. The molecule has 0 radical (unpaired) electrons. The van der Waals surface area contributed by atoms with Gasteiger partial charge in [-0.1, -0.05) is 30.3 Å². The monoisotopic (exact) mass is 305 g/mol. The quantitative estimate of drug-likeness (QED) is 0.784. The minimum Gasteiger partial charge on any atom is -0.464 e. The Morgan fingerprint density at radius 3 is 2.27 bits per heavy atom. The molecule has 1 aromatic carbocycles. The van der Waals surface area contributed by atoms with Crippen LogP contribution in [0.1, 0.15) is 45.6 Å². The number of esters is 1. The van der Waals surface area contributed by atoms with Crippen molar-refractivity contribution in [2.45, 2.75) is 45.6 Å². The standard InChI is InChI=1S/C17H23NO4/c1-5-22-16(21)17(3,4)18-15(20)14(11-12(2)19)13-9-7-6-8-10-13/h6-10,14H,5,11H2,1-4H3,(H,18,20). The lowest BCUT2D eigenvalue weighted by Gasteiger charge is -2.26. The van der Waals surface area contributed by atoms with Gasteiger partial charge < -0.3 is 10.1 Å². The second kappa shape index (κ2) is 7.73. The number of carbonyl (C=O) groups is 3. The van der Waals surface area contributed by atoms with Gasteiger partial charge in [-0.2, -0.15) is 0 Å². The summed E-state index contributed by atoms with van der Waals surface area (Å²) in [5, 5.41) is 2.68. The predicted molar refractivity (Wildman–Crippen MR) is 83.3 cm³/mol. The van der Waals surface area contributed by atoms with Crippen molar-refractivity contribution in [1.82, 2.24) is 5.32 Å². The Kier molecular flexibility index (Phi) is 6.28. The van der Waals surface area contributed by atoms with Crippen LogP contribution in [0.3, 0.4) is 0 Å². The fourth-order valence-electron chi connectivity index (χ4n) is 2.09. The van der Waals surface area contributed by atoms with Crippen LogP contribution in [0.2, 0.25) is 0 Å². The number of ketones is 1. The van der Waals surface area contributed by atoms with Crippen molar-refractivity contribution in [3.8, 4) is 0 Å². The number of amides is 1.